The number of aromatic nitrogens is 1. The molecule has 0 saturated carbocycles. The lowest BCUT2D eigenvalue weighted by Gasteiger charge is -2.08. The summed E-state index contributed by atoms with van der Waals surface area (Å²) in [6, 6.07) is 15.6. The maximum atomic E-state index is 6.13. The first kappa shape index (κ1) is 14.4. The molecule has 3 rings (SSSR count). The first-order valence-electron chi connectivity index (χ1n) is 6.42. The summed E-state index contributed by atoms with van der Waals surface area (Å²) in [5, 5.41) is 7.52. The Morgan fingerprint density at radius 3 is 2.38 bits per heavy atom. The maximum absolute atomic E-state index is 6.13. The van der Waals surface area contributed by atoms with Gasteiger partial charge in [-0.2, -0.15) is 0 Å². The van der Waals surface area contributed by atoms with Crippen molar-refractivity contribution in [3.63, 3.8) is 0 Å². The predicted molar refractivity (Wildman–Crippen MR) is 91.3 cm³/mol. The zero-order chi connectivity index (χ0) is 14.7. The molecule has 0 spiro atoms. The van der Waals surface area contributed by atoms with Gasteiger partial charge in [0.25, 0.3) is 0 Å². The first-order valence-corrected chi connectivity index (χ1v) is 8.05. The number of para-hydroxylation sites is 1. The van der Waals surface area contributed by atoms with Crippen molar-refractivity contribution < 1.29 is 0 Å². The van der Waals surface area contributed by atoms with Crippen molar-refractivity contribution in [2.75, 3.05) is 5.32 Å². The average molecular weight is 335 g/mol. The van der Waals surface area contributed by atoms with E-state index in [1.54, 1.807) is 11.3 Å². The third-order valence-electron chi connectivity index (χ3n) is 3.00. The van der Waals surface area contributed by atoms with Crippen LogP contribution in [0.3, 0.4) is 0 Å². The number of nitrogens with zero attached hydrogens (tertiary/aromatic N) is 1. The van der Waals surface area contributed by atoms with Gasteiger partial charge in [-0.15, -0.1) is 11.3 Å². The topological polar surface area (TPSA) is 24.9 Å². The van der Waals surface area contributed by atoms with E-state index in [0.29, 0.717) is 16.6 Å². The fourth-order valence-electron chi connectivity index (χ4n) is 1.96. The SMILES string of the molecule is Clc1cccc(Cl)c1NCc1nc(-c2ccccc2)cs1. The molecule has 21 heavy (non-hydrogen) atoms. The van der Waals surface area contributed by atoms with Crippen molar-refractivity contribution in [3.05, 3.63) is 69.0 Å². The van der Waals surface area contributed by atoms with Gasteiger partial charge in [0.05, 0.1) is 28.0 Å². The number of nitrogens with one attached hydrogen (secondary N) is 1. The van der Waals surface area contributed by atoms with Crippen LogP contribution in [-0.4, -0.2) is 4.98 Å². The quantitative estimate of drug-likeness (QED) is 0.659. The van der Waals surface area contributed by atoms with Gasteiger partial charge in [0.2, 0.25) is 0 Å². The molecule has 0 fully saturated rings. The van der Waals surface area contributed by atoms with Gasteiger partial charge in [-0.25, -0.2) is 4.98 Å². The third kappa shape index (κ3) is 3.38. The van der Waals surface area contributed by atoms with Crippen molar-refractivity contribution in [3.8, 4) is 11.3 Å². The summed E-state index contributed by atoms with van der Waals surface area (Å²) in [7, 11) is 0. The molecule has 1 heterocycles. The predicted octanol–water partition coefficient (Wildman–Crippen LogP) is 5.73. The molecular formula is C16H12Cl2N2S. The lowest BCUT2D eigenvalue weighted by Crippen LogP contribution is -2.00. The maximum Gasteiger partial charge on any atom is 0.112 e. The van der Waals surface area contributed by atoms with Crippen molar-refractivity contribution >= 4 is 40.2 Å². The van der Waals surface area contributed by atoms with Crippen LogP contribution in [0.2, 0.25) is 10.0 Å². The van der Waals surface area contributed by atoms with Crippen LogP contribution >= 0.6 is 34.5 Å². The van der Waals surface area contributed by atoms with Crippen LogP contribution in [0.15, 0.2) is 53.9 Å². The van der Waals surface area contributed by atoms with E-state index in [2.05, 4.69) is 27.8 Å². The normalized spacial score (nSPS) is 10.6. The van der Waals surface area contributed by atoms with E-state index in [-0.39, 0.29) is 0 Å². The van der Waals surface area contributed by atoms with Gasteiger partial charge >= 0.3 is 0 Å². The lowest BCUT2D eigenvalue weighted by atomic mass is 10.2. The molecule has 1 aromatic heterocycles. The molecular weight excluding hydrogens is 323 g/mol. The van der Waals surface area contributed by atoms with E-state index in [1.165, 1.54) is 0 Å². The minimum Gasteiger partial charge on any atom is -0.376 e. The number of thiazole rings is 1. The van der Waals surface area contributed by atoms with E-state index in [4.69, 9.17) is 23.2 Å². The lowest BCUT2D eigenvalue weighted by molar-refractivity contribution is 1.11. The number of halogens is 2. The van der Waals surface area contributed by atoms with E-state index < -0.39 is 0 Å². The second-order valence-electron chi connectivity index (χ2n) is 4.44. The number of anilines is 1. The van der Waals surface area contributed by atoms with Crippen molar-refractivity contribution in [1.29, 1.82) is 0 Å². The van der Waals surface area contributed by atoms with Gasteiger partial charge in [-0.1, -0.05) is 59.6 Å². The molecule has 0 aliphatic rings. The molecule has 5 heteroatoms. The number of hydrogen-bond donors (Lipinski definition) is 1. The second-order valence-corrected chi connectivity index (χ2v) is 6.20. The van der Waals surface area contributed by atoms with E-state index >= 15 is 0 Å². The van der Waals surface area contributed by atoms with Crippen LogP contribution in [0.4, 0.5) is 5.69 Å². The number of rotatable bonds is 4. The molecule has 0 amide bonds. The fourth-order valence-corrected chi connectivity index (χ4v) is 3.24. The molecule has 0 radical (unpaired) electrons. The Hall–Kier alpha value is -1.55. The molecule has 0 saturated heterocycles. The molecule has 0 bridgehead atoms. The van der Waals surface area contributed by atoms with Gasteiger partial charge in [0, 0.05) is 10.9 Å². The minimum atomic E-state index is 0.598. The van der Waals surface area contributed by atoms with E-state index in [1.807, 2.05) is 36.4 Å². The molecule has 3 aromatic rings. The second kappa shape index (κ2) is 6.48. The smallest absolute Gasteiger partial charge is 0.112 e. The Morgan fingerprint density at radius 1 is 0.952 bits per heavy atom. The van der Waals surface area contributed by atoms with Gasteiger partial charge in [-0.05, 0) is 12.1 Å². The molecule has 0 aliphatic heterocycles. The summed E-state index contributed by atoms with van der Waals surface area (Å²) in [6.07, 6.45) is 0. The van der Waals surface area contributed by atoms with Gasteiger partial charge in [0.15, 0.2) is 0 Å². The molecule has 0 atom stereocenters. The monoisotopic (exact) mass is 334 g/mol. The standard InChI is InChI=1S/C16H12Cl2N2S/c17-12-7-4-8-13(18)16(12)19-9-15-20-14(10-21-15)11-5-2-1-3-6-11/h1-8,10,19H,9H2. The van der Waals surface area contributed by atoms with Gasteiger partial charge in [-0.3, -0.25) is 0 Å². The summed E-state index contributed by atoms with van der Waals surface area (Å²) in [5.74, 6) is 0. The summed E-state index contributed by atoms with van der Waals surface area (Å²) in [5.41, 5.74) is 2.86. The first-order chi connectivity index (χ1) is 10.2. The van der Waals surface area contributed by atoms with Crippen molar-refractivity contribution in [2.45, 2.75) is 6.54 Å². The molecule has 2 aromatic carbocycles. The zero-order valence-corrected chi connectivity index (χ0v) is 13.3. The molecule has 106 valence electrons. The van der Waals surface area contributed by atoms with Crippen molar-refractivity contribution in [1.82, 2.24) is 4.98 Å². The van der Waals surface area contributed by atoms with E-state index in [0.717, 1.165) is 22.0 Å². The Balaban J connectivity index is 1.74. The summed E-state index contributed by atoms with van der Waals surface area (Å²) in [6.45, 7) is 0.598. The highest BCUT2D eigenvalue weighted by atomic mass is 35.5. The summed E-state index contributed by atoms with van der Waals surface area (Å²) < 4.78 is 0. The van der Waals surface area contributed by atoms with Crippen LogP contribution in [0, 0.1) is 0 Å². The van der Waals surface area contributed by atoms with Crippen LogP contribution in [0.1, 0.15) is 5.01 Å². The van der Waals surface area contributed by atoms with Crippen LogP contribution in [0.25, 0.3) is 11.3 Å². The van der Waals surface area contributed by atoms with Gasteiger partial charge in [0.1, 0.15) is 5.01 Å². The molecule has 2 nitrogen and oxygen atoms in total. The van der Waals surface area contributed by atoms with Crippen LogP contribution in [-0.2, 0) is 6.54 Å². The Kier molecular flexibility index (Phi) is 4.44. The van der Waals surface area contributed by atoms with E-state index in [9.17, 15) is 0 Å². The molecule has 1 N–H and O–H groups in total. The number of hydrogen-bond acceptors (Lipinski definition) is 3. The largest absolute Gasteiger partial charge is 0.376 e. The molecule has 0 unspecified atom stereocenters. The average Bonchev–Trinajstić information content (AvgIpc) is 2.97. The third-order valence-corrected chi connectivity index (χ3v) is 4.48. The minimum absolute atomic E-state index is 0.598. The highest BCUT2D eigenvalue weighted by Crippen LogP contribution is 2.30. The Bertz CT molecular complexity index is 721. The number of benzene rings is 2. The Labute approximate surface area is 137 Å². The zero-order valence-electron chi connectivity index (χ0n) is 11.0. The highest BCUT2D eigenvalue weighted by molar-refractivity contribution is 7.10. The Morgan fingerprint density at radius 2 is 1.67 bits per heavy atom. The summed E-state index contributed by atoms with van der Waals surface area (Å²) in [4.78, 5) is 4.62. The fraction of sp³-hybridized carbons (Fsp3) is 0.0625. The van der Waals surface area contributed by atoms with Crippen LogP contribution in [0.5, 0.6) is 0 Å². The molecule has 0 aliphatic carbocycles. The van der Waals surface area contributed by atoms with Crippen LogP contribution < -0.4 is 5.32 Å². The summed E-state index contributed by atoms with van der Waals surface area (Å²) >= 11 is 13.9. The van der Waals surface area contributed by atoms with Gasteiger partial charge < -0.3 is 5.32 Å². The van der Waals surface area contributed by atoms with Crippen molar-refractivity contribution in [2.24, 2.45) is 0 Å². The highest BCUT2D eigenvalue weighted by Gasteiger charge is 2.07.